The van der Waals surface area contributed by atoms with Crippen molar-refractivity contribution in [2.45, 2.75) is 32.6 Å². The summed E-state index contributed by atoms with van der Waals surface area (Å²) in [5.41, 5.74) is 2.08. The summed E-state index contributed by atoms with van der Waals surface area (Å²) in [4.78, 5) is 14.4. The predicted molar refractivity (Wildman–Crippen MR) is 81.0 cm³/mol. The van der Waals surface area contributed by atoms with Crippen LogP contribution in [0.3, 0.4) is 0 Å². The van der Waals surface area contributed by atoms with E-state index >= 15 is 0 Å². The van der Waals surface area contributed by atoms with Gasteiger partial charge in [0.05, 0.1) is 0 Å². The van der Waals surface area contributed by atoms with Crippen LogP contribution >= 0.6 is 0 Å². The first-order valence-corrected chi connectivity index (χ1v) is 7.50. The third kappa shape index (κ3) is 3.60. The normalized spacial score (nSPS) is 16.7. The van der Waals surface area contributed by atoms with Gasteiger partial charge in [-0.3, -0.25) is 4.79 Å². The van der Waals surface area contributed by atoms with Gasteiger partial charge in [0.25, 0.3) is 5.91 Å². The molecule has 3 nitrogen and oxygen atoms in total. The van der Waals surface area contributed by atoms with Crippen LogP contribution in [-0.2, 0) is 4.74 Å². The molecule has 0 aromatic heterocycles. The number of ether oxygens (including phenoxy) is 1. The second-order valence-electron chi connectivity index (χ2n) is 5.97. The Hall–Kier alpha value is -1.35. The van der Waals surface area contributed by atoms with Gasteiger partial charge >= 0.3 is 0 Å². The average Bonchev–Trinajstić information content (AvgIpc) is 2.48. The molecule has 1 aromatic carbocycles. The van der Waals surface area contributed by atoms with E-state index in [1.165, 1.54) is 5.56 Å². The molecular weight excluding hydrogens is 250 g/mol. The van der Waals surface area contributed by atoms with Gasteiger partial charge in [0.15, 0.2) is 0 Å². The molecule has 0 saturated carbocycles. The highest BCUT2D eigenvalue weighted by Gasteiger charge is 2.23. The van der Waals surface area contributed by atoms with Gasteiger partial charge in [0, 0.05) is 32.4 Å². The van der Waals surface area contributed by atoms with Gasteiger partial charge in [-0.15, -0.1) is 0 Å². The van der Waals surface area contributed by atoms with Gasteiger partial charge in [0.2, 0.25) is 0 Å². The summed E-state index contributed by atoms with van der Waals surface area (Å²) in [6, 6.07) is 8.04. The summed E-state index contributed by atoms with van der Waals surface area (Å²) in [6.07, 6.45) is 2.09. The van der Waals surface area contributed by atoms with E-state index in [-0.39, 0.29) is 5.91 Å². The lowest BCUT2D eigenvalue weighted by Crippen LogP contribution is -2.39. The Bertz CT molecular complexity index is 431. The average molecular weight is 275 g/mol. The molecule has 2 rings (SSSR count). The van der Waals surface area contributed by atoms with Crippen molar-refractivity contribution in [2.75, 3.05) is 26.8 Å². The minimum atomic E-state index is 0.163. The molecule has 0 radical (unpaired) electrons. The fourth-order valence-electron chi connectivity index (χ4n) is 2.73. The molecule has 1 saturated heterocycles. The number of hydrogen-bond acceptors (Lipinski definition) is 2. The van der Waals surface area contributed by atoms with Crippen molar-refractivity contribution in [1.82, 2.24) is 4.90 Å². The Balaban J connectivity index is 1.95. The van der Waals surface area contributed by atoms with Gasteiger partial charge in [-0.25, -0.2) is 0 Å². The van der Waals surface area contributed by atoms with E-state index in [0.717, 1.165) is 38.1 Å². The maximum atomic E-state index is 12.4. The summed E-state index contributed by atoms with van der Waals surface area (Å²) in [5, 5.41) is 0. The van der Waals surface area contributed by atoms with E-state index < -0.39 is 0 Å². The fourth-order valence-corrected chi connectivity index (χ4v) is 2.73. The molecule has 0 spiro atoms. The van der Waals surface area contributed by atoms with E-state index in [1.54, 1.807) is 7.11 Å². The van der Waals surface area contributed by atoms with Crippen molar-refractivity contribution in [3.8, 4) is 0 Å². The molecule has 0 atom stereocenters. The summed E-state index contributed by atoms with van der Waals surface area (Å²) >= 11 is 0. The number of carbonyl (C=O) groups excluding carboxylic acids is 1. The van der Waals surface area contributed by atoms with Gasteiger partial charge in [-0.2, -0.15) is 0 Å². The van der Waals surface area contributed by atoms with Gasteiger partial charge in [0.1, 0.15) is 0 Å². The number of amides is 1. The molecule has 1 aromatic rings. The molecule has 1 amide bonds. The Labute approximate surface area is 121 Å². The molecule has 1 heterocycles. The van der Waals surface area contributed by atoms with Crippen molar-refractivity contribution >= 4 is 5.91 Å². The zero-order valence-corrected chi connectivity index (χ0v) is 12.8. The second kappa shape index (κ2) is 6.89. The Morgan fingerprint density at radius 3 is 2.35 bits per heavy atom. The van der Waals surface area contributed by atoms with Crippen molar-refractivity contribution in [3.05, 3.63) is 35.4 Å². The van der Waals surface area contributed by atoms with Crippen LogP contribution in [0.5, 0.6) is 0 Å². The smallest absolute Gasteiger partial charge is 0.253 e. The number of methoxy groups -OCH3 is 1. The number of nitrogens with zero attached hydrogens (tertiary/aromatic N) is 1. The van der Waals surface area contributed by atoms with Crippen LogP contribution < -0.4 is 0 Å². The summed E-state index contributed by atoms with van der Waals surface area (Å²) in [6.45, 7) is 6.83. The van der Waals surface area contributed by atoms with Crippen LogP contribution in [-0.4, -0.2) is 37.6 Å². The van der Waals surface area contributed by atoms with Gasteiger partial charge in [-0.1, -0.05) is 26.0 Å². The lowest BCUT2D eigenvalue weighted by Gasteiger charge is -2.31. The van der Waals surface area contributed by atoms with E-state index in [0.29, 0.717) is 11.8 Å². The van der Waals surface area contributed by atoms with Gasteiger partial charge in [-0.05, 0) is 42.4 Å². The highest BCUT2D eigenvalue weighted by Crippen LogP contribution is 2.20. The Kier molecular flexibility index (Phi) is 5.18. The Morgan fingerprint density at radius 2 is 1.85 bits per heavy atom. The summed E-state index contributed by atoms with van der Waals surface area (Å²) in [5.74, 6) is 1.27. The first-order chi connectivity index (χ1) is 9.61. The molecule has 110 valence electrons. The lowest BCUT2D eigenvalue weighted by atomic mass is 9.96. The molecule has 20 heavy (non-hydrogen) atoms. The largest absolute Gasteiger partial charge is 0.384 e. The van der Waals surface area contributed by atoms with Crippen LogP contribution in [0.1, 0.15) is 48.5 Å². The minimum absolute atomic E-state index is 0.163. The predicted octanol–water partition coefficient (Wildman–Crippen LogP) is 3.31. The van der Waals surface area contributed by atoms with Crippen molar-refractivity contribution in [2.24, 2.45) is 5.92 Å². The molecule has 0 unspecified atom stereocenters. The monoisotopic (exact) mass is 275 g/mol. The highest BCUT2D eigenvalue weighted by atomic mass is 16.5. The van der Waals surface area contributed by atoms with Crippen LogP contribution in [0, 0.1) is 5.92 Å². The van der Waals surface area contributed by atoms with Crippen LogP contribution in [0.25, 0.3) is 0 Å². The number of rotatable bonds is 4. The minimum Gasteiger partial charge on any atom is -0.384 e. The molecule has 1 aliphatic rings. The summed E-state index contributed by atoms with van der Waals surface area (Å²) in [7, 11) is 1.74. The van der Waals surface area contributed by atoms with E-state index in [1.807, 2.05) is 17.0 Å². The number of carbonyl (C=O) groups is 1. The quantitative estimate of drug-likeness (QED) is 0.843. The number of piperidine rings is 1. The third-order valence-electron chi connectivity index (χ3n) is 4.13. The number of likely N-dealkylation sites (tertiary alicyclic amines) is 1. The van der Waals surface area contributed by atoms with Gasteiger partial charge < -0.3 is 9.64 Å². The van der Waals surface area contributed by atoms with E-state index in [2.05, 4.69) is 26.0 Å². The van der Waals surface area contributed by atoms with Crippen LogP contribution in [0.15, 0.2) is 24.3 Å². The van der Waals surface area contributed by atoms with E-state index in [4.69, 9.17) is 4.74 Å². The van der Waals surface area contributed by atoms with Crippen molar-refractivity contribution in [3.63, 3.8) is 0 Å². The first-order valence-electron chi connectivity index (χ1n) is 7.50. The Morgan fingerprint density at radius 1 is 1.25 bits per heavy atom. The molecule has 1 fully saturated rings. The van der Waals surface area contributed by atoms with Crippen LogP contribution in [0.4, 0.5) is 0 Å². The number of hydrogen-bond donors (Lipinski definition) is 0. The second-order valence-corrected chi connectivity index (χ2v) is 5.97. The number of benzene rings is 1. The highest BCUT2D eigenvalue weighted by molar-refractivity contribution is 5.94. The molecule has 0 bridgehead atoms. The summed E-state index contributed by atoms with van der Waals surface area (Å²) < 4.78 is 5.19. The molecule has 0 aliphatic carbocycles. The zero-order valence-electron chi connectivity index (χ0n) is 12.8. The maximum Gasteiger partial charge on any atom is 0.253 e. The standard InChI is InChI=1S/C17H25NO2/c1-13(2)15-4-6-16(7-5-15)17(19)18-10-8-14(9-11-18)12-20-3/h4-7,13-14H,8-12H2,1-3H3. The fraction of sp³-hybridized carbons (Fsp3) is 0.588. The molecule has 1 aliphatic heterocycles. The SMILES string of the molecule is COCC1CCN(C(=O)c2ccc(C(C)C)cc2)CC1. The van der Waals surface area contributed by atoms with E-state index in [9.17, 15) is 4.79 Å². The third-order valence-corrected chi connectivity index (χ3v) is 4.13. The maximum absolute atomic E-state index is 12.4. The van der Waals surface area contributed by atoms with Crippen molar-refractivity contribution < 1.29 is 9.53 Å². The topological polar surface area (TPSA) is 29.5 Å². The zero-order chi connectivity index (χ0) is 14.5. The lowest BCUT2D eigenvalue weighted by molar-refractivity contribution is 0.0613. The van der Waals surface area contributed by atoms with Crippen molar-refractivity contribution in [1.29, 1.82) is 0 Å². The van der Waals surface area contributed by atoms with Crippen LogP contribution in [0.2, 0.25) is 0 Å². The molecule has 0 N–H and O–H groups in total. The molecule has 3 heteroatoms. The molecular formula is C17H25NO2. The first kappa shape index (κ1) is 15.0.